The van der Waals surface area contributed by atoms with Gasteiger partial charge in [-0.2, -0.15) is 0 Å². The molecule has 1 aromatic carbocycles. The van der Waals surface area contributed by atoms with Gasteiger partial charge in [0.1, 0.15) is 0 Å². The lowest BCUT2D eigenvalue weighted by atomic mass is 10.1. The normalized spacial score (nSPS) is 18.4. The van der Waals surface area contributed by atoms with E-state index in [4.69, 9.17) is 4.74 Å². The van der Waals surface area contributed by atoms with Gasteiger partial charge >= 0.3 is 0 Å². The molecule has 0 radical (unpaired) electrons. The van der Waals surface area contributed by atoms with Crippen LogP contribution in [0.4, 0.5) is 5.82 Å². The zero-order valence-electron chi connectivity index (χ0n) is 14.5. The number of aryl methyl sites for hydroxylation is 1. The Morgan fingerprint density at radius 1 is 1.42 bits per heavy atom. The molecule has 1 fully saturated rings. The van der Waals surface area contributed by atoms with E-state index in [0.717, 1.165) is 0 Å². The van der Waals surface area contributed by atoms with E-state index < -0.39 is 6.10 Å². The van der Waals surface area contributed by atoms with Gasteiger partial charge in [0.2, 0.25) is 0 Å². The first-order valence-electron chi connectivity index (χ1n) is 8.45. The standard InChI is InChI=1S/C18H22N4O4/c1-21-8-7-19-16(18(21)25)20-11-14-12-22(9-10-26-14)17(24)15(23)13-5-3-2-4-6-13/h2-8,14-15,23H,9-12H2,1H3,(H,19,20)/t14-,15-/m1/s1. The molecule has 1 aromatic heterocycles. The zero-order valence-corrected chi connectivity index (χ0v) is 14.5. The van der Waals surface area contributed by atoms with Crippen molar-refractivity contribution in [1.82, 2.24) is 14.5 Å². The summed E-state index contributed by atoms with van der Waals surface area (Å²) in [7, 11) is 1.65. The Kier molecular flexibility index (Phi) is 5.65. The van der Waals surface area contributed by atoms with E-state index in [1.807, 2.05) is 6.07 Å². The highest BCUT2D eigenvalue weighted by molar-refractivity contribution is 5.82. The summed E-state index contributed by atoms with van der Waals surface area (Å²) in [6.45, 7) is 1.48. The molecule has 1 saturated heterocycles. The number of nitrogens with zero attached hydrogens (tertiary/aromatic N) is 3. The van der Waals surface area contributed by atoms with Gasteiger partial charge in [-0.3, -0.25) is 9.59 Å². The molecule has 0 bridgehead atoms. The summed E-state index contributed by atoms with van der Waals surface area (Å²) in [5.41, 5.74) is 0.339. The van der Waals surface area contributed by atoms with Crippen molar-refractivity contribution in [2.45, 2.75) is 12.2 Å². The fourth-order valence-electron chi connectivity index (χ4n) is 2.82. The SMILES string of the molecule is Cn1ccnc(NC[C@@H]2CN(C(=O)[C@H](O)c3ccccc3)CCO2)c1=O. The Balaban J connectivity index is 1.59. The van der Waals surface area contributed by atoms with Crippen LogP contribution in [0.15, 0.2) is 47.5 Å². The second kappa shape index (κ2) is 8.11. The molecule has 0 unspecified atom stereocenters. The number of ether oxygens (including phenoxy) is 1. The number of morpholine rings is 1. The third-order valence-corrected chi connectivity index (χ3v) is 4.31. The Morgan fingerprint density at radius 3 is 2.96 bits per heavy atom. The quantitative estimate of drug-likeness (QED) is 0.790. The minimum Gasteiger partial charge on any atom is -0.378 e. The lowest BCUT2D eigenvalue weighted by molar-refractivity contribution is -0.147. The number of aliphatic hydroxyl groups excluding tert-OH is 1. The molecule has 2 heterocycles. The summed E-state index contributed by atoms with van der Waals surface area (Å²) < 4.78 is 7.09. The van der Waals surface area contributed by atoms with Crippen molar-refractivity contribution in [3.05, 3.63) is 58.6 Å². The average Bonchev–Trinajstić information content (AvgIpc) is 2.69. The first-order valence-corrected chi connectivity index (χ1v) is 8.45. The summed E-state index contributed by atoms with van der Waals surface area (Å²) in [5, 5.41) is 13.3. The molecule has 8 nitrogen and oxygen atoms in total. The first-order chi connectivity index (χ1) is 12.6. The van der Waals surface area contributed by atoms with E-state index in [0.29, 0.717) is 31.8 Å². The van der Waals surface area contributed by atoms with Crippen molar-refractivity contribution in [2.75, 3.05) is 31.6 Å². The van der Waals surface area contributed by atoms with Gasteiger partial charge in [-0.05, 0) is 5.56 Å². The second-order valence-electron chi connectivity index (χ2n) is 6.16. The molecule has 1 aliphatic rings. The smallest absolute Gasteiger partial charge is 0.293 e. The van der Waals surface area contributed by atoms with Crippen LogP contribution in [-0.4, -0.2) is 57.8 Å². The maximum Gasteiger partial charge on any atom is 0.293 e. The largest absolute Gasteiger partial charge is 0.378 e. The number of carbonyl (C=O) groups excluding carboxylic acids is 1. The molecule has 0 saturated carbocycles. The van der Waals surface area contributed by atoms with Crippen LogP contribution < -0.4 is 10.9 Å². The van der Waals surface area contributed by atoms with Gasteiger partial charge in [-0.25, -0.2) is 4.98 Å². The Morgan fingerprint density at radius 2 is 2.19 bits per heavy atom. The van der Waals surface area contributed by atoms with Crippen molar-refractivity contribution in [1.29, 1.82) is 0 Å². The molecule has 0 aliphatic carbocycles. The molecular weight excluding hydrogens is 336 g/mol. The van der Waals surface area contributed by atoms with Crippen molar-refractivity contribution in [3.63, 3.8) is 0 Å². The molecule has 26 heavy (non-hydrogen) atoms. The average molecular weight is 358 g/mol. The number of hydrogen-bond acceptors (Lipinski definition) is 6. The van der Waals surface area contributed by atoms with Crippen molar-refractivity contribution in [2.24, 2.45) is 7.05 Å². The minimum absolute atomic E-state index is 0.226. The lowest BCUT2D eigenvalue weighted by Gasteiger charge is -2.34. The van der Waals surface area contributed by atoms with E-state index >= 15 is 0 Å². The second-order valence-corrected chi connectivity index (χ2v) is 6.16. The molecule has 138 valence electrons. The minimum atomic E-state index is -1.19. The predicted octanol–water partition coefficient (Wildman–Crippen LogP) is 0.153. The maximum atomic E-state index is 12.6. The van der Waals surface area contributed by atoms with Crippen LogP contribution >= 0.6 is 0 Å². The van der Waals surface area contributed by atoms with Crippen LogP contribution in [0.1, 0.15) is 11.7 Å². The van der Waals surface area contributed by atoms with Crippen LogP contribution in [0.5, 0.6) is 0 Å². The number of hydrogen-bond donors (Lipinski definition) is 2. The lowest BCUT2D eigenvalue weighted by Crippen LogP contribution is -2.49. The van der Waals surface area contributed by atoms with Crippen molar-refractivity contribution < 1.29 is 14.6 Å². The van der Waals surface area contributed by atoms with Crippen LogP contribution in [0, 0.1) is 0 Å². The van der Waals surface area contributed by atoms with Gasteiger partial charge in [0.25, 0.3) is 11.5 Å². The molecule has 3 rings (SSSR count). The molecule has 2 atom stereocenters. The summed E-state index contributed by atoms with van der Waals surface area (Å²) >= 11 is 0. The summed E-state index contributed by atoms with van der Waals surface area (Å²) in [5.74, 6) is -0.107. The van der Waals surface area contributed by atoms with Gasteiger partial charge in [0, 0.05) is 39.1 Å². The number of amides is 1. The van der Waals surface area contributed by atoms with Crippen molar-refractivity contribution >= 4 is 11.7 Å². The van der Waals surface area contributed by atoms with Crippen LogP contribution in [0.2, 0.25) is 0 Å². The maximum absolute atomic E-state index is 12.6. The number of aliphatic hydroxyl groups is 1. The Labute approximate surface area is 151 Å². The number of carbonyl (C=O) groups is 1. The molecule has 8 heteroatoms. The topological polar surface area (TPSA) is 96.7 Å². The van der Waals surface area contributed by atoms with Gasteiger partial charge < -0.3 is 24.6 Å². The van der Waals surface area contributed by atoms with E-state index in [1.54, 1.807) is 42.4 Å². The van der Waals surface area contributed by atoms with Gasteiger partial charge in [-0.1, -0.05) is 30.3 Å². The highest BCUT2D eigenvalue weighted by Gasteiger charge is 2.29. The van der Waals surface area contributed by atoms with Gasteiger partial charge in [-0.15, -0.1) is 0 Å². The summed E-state index contributed by atoms with van der Waals surface area (Å²) in [4.78, 5) is 30.1. The van der Waals surface area contributed by atoms with Crippen LogP contribution in [0.3, 0.4) is 0 Å². The van der Waals surface area contributed by atoms with E-state index in [-0.39, 0.29) is 23.4 Å². The van der Waals surface area contributed by atoms with Gasteiger partial charge in [0.05, 0.1) is 12.7 Å². The number of nitrogens with one attached hydrogen (secondary N) is 1. The molecule has 2 N–H and O–H groups in total. The molecular formula is C18H22N4O4. The molecule has 1 amide bonds. The Bertz CT molecular complexity index is 808. The number of aromatic nitrogens is 2. The van der Waals surface area contributed by atoms with E-state index in [2.05, 4.69) is 10.3 Å². The number of benzene rings is 1. The summed E-state index contributed by atoms with van der Waals surface area (Å²) in [6.07, 6.45) is 1.64. The van der Waals surface area contributed by atoms with E-state index in [9.17, 15) is 14.7 Å². The number of anilines is 1. The van der Waals surface area contributed by atoms with E-state index in [1.165, 1.54) is 10.8 Å². The fourth-order valence-corrected chi connectivity index (χ4v) is 2.82. The number of rotatable bonds is 5. The van der Waals surface area contributed by atoms with Gasteiger partial charge in [0.15, 0.2) is 11.9 Å². The van der Waals surface area contributed by atoms with Crippen LogP contribution in [-0.2, 0) is 16.6 Å². The highest BCUT2D eigenvalue weighted by atomic mass is 16.5. The molecule has 2 aromatic rings. The van der Waals surface area contributed by atoms with Crippen LogP contribution in [0.25, 0.3) is 0 Å². The molecule has 1 aliphatic heterocycles. The first kappa shape index (κ1) is 18.1. The predicted molar refractivity (Wildman–Crippen MR) is 95.7 cm³/mol. The van der Waals surface area contributed by atoms with Crippen molar-refractivity contribution in [3.8, 4) is 0 Å². The molecule has 0 spiro atoms. The fraction of sp³-hybridized carbons (Fsp3) is 0.389. The third-order valence-electron chi connectivity index (χ3n) is 4.31. The zero-order chi connectivity index (χ0) is 18.5. The summed E-state index contributed by atoms with van der Waals surface area (Å²) in [6, 6.07) is 8.84. The highest BCUT2D eigenvalue weighted by Crippen LogP contribution is 2.17. The monoisotopic (exact) mass is 358 g/mol. The third kappa shape index (κ3) is 4.09. The Hall–Kier alpha value is -2.71.